The zero-order valence-corrected chi connectivity index (χ0v) is 9.63. The van der Waals surface area contributed by atoms with E-state index in [1.165, 1.54) is 45.4 Å². The van der Waals surface area contributed by atoms with Crippen molar-refractivity contribution < 1.29 is 0 Å². The normalized spacial score (nSPS) is 36.4. The Morgan fingerprint density at radius 2 is 2.00 bits per heavy atom. The van der Waals surface area contributed by atoms with E-state index >= 15 is 0 Å². The predicted molar refractivity (Wildman–Crippen MR) is 60.4 cm³/mol. The molecule has 1 heterocycles. The van der Waals surface area contributed by atoms with Crippen molar-refractivity contribution in [3.63, 3.8) is 0 Å². The summed E-state index contributed by atoms with van der Waals surface area (Å²) in [6.07, 6.45) is 4.29. The smallest absolute Gasteiger partial charge is 0.00510 e. The Labute approximate surface area is 88.1 Å². The van der Waals surface area contributed by atoms with Crippen LogP contribution in [0.15, 0.2) is 0 Å². The number of nitrogens with zero attached hydrogens (tertiary/aromatic N) is 1. The highest BCUT2D eigenvalue weighted by molar-refractivity contribution is 4.80. The Balaban J connectivity index is 1.80. The summed E-state index contributed by atoms with van der Waals surface area (Å²) in [7, 11) is 0. The lowest BCUT2D eigenvalue weighted by Crippen LogP contribution is -2.43. The molecule has 2 atom stereocenters. The van der Waals surface area contributed by atoms with Crippen LogP contribution in [-0.2, 0) is 0 Å². The predicted octanol–water partition coefficient (Wildman–Crippen LogP) is 1.72. The summed E-state index contributed by atoms with van der Waals surface area (Å²) < 4.78 is 0. The largest absolute Gasteiger partial charge is 0.314 e. The second-order valence-electron chi connectivity index (χ2n) is 5.41. The van der Waals surface area contributed by atoms with Crippen LogP contribution in [0.1, 0.15) is 33.1 Å². The van der Waals surface area contributed by atoms with Crippen LogP contribution in [0.5, 0.6) is 0 Å². The lowest BCUT2D eigenvalue weighted by Gasteiger charge is -2.31. The molecule has 0 bridgehead atoms. The molecule has 0 radical (unpaired) electrons. The molecule has 1 aliphatic heterocycles. The zero-order valence-electron chi connectivity index (χ0n) is 9.63. The van der Waals surface area contributed by atoms with Gasteiger partial charge in [-0.25, -0.2) is 0 Å². The summed E-state index contributed by atoms with van der Waals surface area (Å²) in [4.78, 5) is 2.69. The van der Waals surface area contributed by atoms with E-state index in [-0.39, 0.29) is 0 Å². The molecule has 1 N–H and O–H groups in total. The third kappa shape index (κ3) is 3.25. The fourth-order valence-corrected chi connectivity index (χ4v) is 2.31. The average Bonchev–Trinajstić information content (AvgIpc) is 2.92. The van der Waals surface area contributed by atoms with Crippen molar-refractivity contribution in [3.05, 3.63) is 0 Å². The molecular weight excluding hydrogens is 172 g/mol. The van der Waals surface area contributed by atoms with Gasteiger partial charge in [0.15, 0.2) is 0 Å². The van der Waals surface area contributed by atoms with Gasteiger partial charge in [-0.1, -0.05) is 6.92 Å². The van der Waals surface area contributed by atoms with Gasteiger partial charge in [-0.05, 0) is 51.1 Å². The lowest BCUT2D eigenvalue weighted by atomic mass is 10.1. The molecule has 2 nitrogen and oxygen atoms in total. The van der Waals surface area contributed by atoms with Gasteiger partial charge < -0.3 is 10.2 Å². The van der Waals surface area contributed by atoms with E-state index < -0.39 is 0 Å². The number of nitrogens with one attached hydrogen (secondary N) is 1. The summed E-state index contributed by atoms with van der Waals surface area (Å²) in [6.45, 7) is 9.85. The second kappa shape index (κ2) is 4.63. The minimum Gasteiger partial charge on any atom is -0.314 e. The van der Waals surface area contributed by atoms with Crippen LogP contribution in [0.25, 0.3) is 0 Å². The van der Waals surface area contributed by atoms with E-state index in [2.05, 4.69) is 24.1 Å². The topological polar surface area (TPSA) is 15.3 Å². The number of hydrogen-bond donors (Lipinski definition) is 1. The van der Waals surface area contributed by atoms with E-state index in [4.69, 9.17) is 0 Å². The second-order valence-corrected chi connectivity index (χ2v) is 5.41. The van der Waals surface area contributed by atoms with Crippen molar-refractivity contribution in [2.45, 2.75) is 39.2 Å². The van der Waals surface area contributed by atoms with Crippen molar-refractivity contribution in [3.8, 4) is 0 Å². The highest BCUT2D eigenvalue weighted by Gasteiger charge is 2.25. The van der Waals surface area contributed by atoms with Crippen molar-refractivity contribution in [2.75, 3.05) is 26.2 Å². The van der Waals surface area contributed by atoms with Crippen LogP contribution in [-0.4, -0.2) is 37.1 Å². The molecule has 2 fully saturated rings. The first-order chi connectivity index (χ1) is 6.74. The summed E-state index contributed by atoms with van der Waals surface area (Å²) in [6, 6.07) is 0.708. The first-order valence-corrected chi connectivity index (χ1v) is 6.20. The molecule has 0 spiro atoms. The Kier molecular flexibility index (Phi) is 3.45. The molecule has 1 aliphatic carbocycles. The molecule has 0 aromatic heterocycles. The highest BCUT2D eigenvalue weighted by Crippen LogP contribution is 2.30. The third-order valence-electron chi connectivity index (χ3n) is 3.48. The van der Waals surface area contributed by atoms with Crippen molar-refractivity contribution >= 4 is 0 Å². The maximum atomic E-state index is 3.60. The van der Waals surface area contributed by atoms with Crippen molar-refractivity contribution in [1.29, 1.82) is 0 Å². The molecule has 2 heteroatoms. The monoisotopic (exact) mass is 196 g/mol. The van der Waals surface area contributed by atoms with E-state index in [9.17, 15) is 0 Å². The summed E-state index contributed by atoms with van der Waals surface area (Å²) in [5, 5.41) is 3.60. The van der Waals surface area contributed by atoms with Crippen LogP contribution >= 0.6 is 0 Å². The van der Waals surface area contributed by atoms with Gasteiger partial charge in [0.2, 0.25) is 0 Å². The molecule has 2 unspecified atom stereocenters. The van der Waals surface area contributed by atoms with Gasteiger partial charge in [0.05, 0.1) is 0 Å². The van der Waals surface area contributed by atoms with Crippen molar-refractivity contribution in [2.24, 2.45) is 11.8 Å². The molecule has 0 amide bonds. The summed E-state index contributed by atoms with van der Waals surface area (Å²) >= 11 is 0. The Bertz CT molecular complexity index is 177. The standard InChI is InChI=1S/C12H24N2/c1-10-7-13-11(2)5-6-14(8-10)9-12-3-4-12/h10-13H,3-9H2,1-2H3. The summed E-state index contributed by atoms with van der Waals surface area (Å²) in [5.74, 6) is 1.86. The first-order valence-electron chi connectivity index (χ1n) is 6.20. The first kappa shape index (κ1) is 10.4. The molecule has 1 saturated heterocycles. The molecule has 2 aliphatic rings. The molecular formula is C12H24N2. The lowest BCUT2D eigenvalue weighted by molar-refractivity contribution is 0.195. The van der Waals surface area contributed by atoms with E-state index in [0.717, 1.165) is 11.8 Å². The highest BCUT2D eigenvalue weighted by atomic mass is 15.1. The van der Waals surface area contributed by atoms with Gasteiger partial charge in [0, 0.05) is 19.1 Å². The molecule has 1 saturated carbocycles. The third-order valence-corrected chi connectivity index (χ3v) is 3.48. The molecule has 0 aromatic rings. The Hall–Kier alpha value is -0.0800. The molecule has 14 heavy (non-hydrogen) atoms. The van der Waals surface area contributed by atoms with Gasteiger partial charge in [0.1, 0.15) is 0 Å². The molecule has 82 valence electrons. The zero-order chi connectivity index (χ0) is 9.97. The van der Waals surface area contributed by atoms with Gasteiger partial charge in [-0.2, -0.15) is 0 Å². The maximum absolute atomic E-state index is 3.60. The van der Waals surface area contributed by atoms with Gasteiger partial charge in [0.25, 0.3) is 0 Å². The van der Waals surface area contributed by atoms with E-state index in [1.807, 2.05) is 0 Å². The van der Waals surface area contributed by atoms with Gasteiger partial charge in [-0.15, -0.1) is 0 Å². The van der Waals surface area contributed by atoms with E-state index in [1.54, 1.807) is 0 Å². The molecule has 0 aromatic carbocycles. The van der Waals surface area contributed by atoms with Crippen LogP contribution < -0.4 is 5.32 Å². The van der Waals surface area contributed by atoms with Gasteiger partial charge in [-0.3, -0.25) is 0 Å². The SMILES string of the molecule is CC1CNC(C)CCN(CC2CC2)C1. The van der Waals surface area contributed by atoms with Crippen LogP contribution in [0.3, 0.4) is 0 Å². The maximum Gasteiger partial charge on any atom is 0.00510 e. The minimum atomic E-state index is 0.708. The van der Waals surface area contributed by atoms with Crippen LogP contribution in [0.4, 0.5) is 0 Å². The number of rotatable bonds is 2. The fraction of sp³-hybridized carbons (Fsp3) is 1.00. The van der Waals surface area contributed by atoms with Crippen LogP contribution in [0, 0.1) is 11.8 Å². The average molecular weight is 196 g/mol. The quantitative estimate of drug-likeness (QED) is 0.723. The number of hydrogen-bond acceptors (Lipinski definition) is 2. The molecule has 2 rings (SSSR count). The summed E-state index contributed by atoms with van der Waals surface area (Å²) in [5.41, 5.74) is 0. The fourth-order valence-electron chi connectivity index (χ4n) is 2.31. The minimum absolute atomic E-state index is 0.708. The van der Waals surface area contributed by atoms with Crippen LogP contribution in [0.2, 0.25) is 0 Å². The van der Waals surface area contributed by atoms with Gasteiger partial charge >= 0.3 is 0 Å². The van der Waals surface area contributed by atoms with Crippen molar-refractivity contribution in [1.82, 2.24) is 10.2 Å². The Morgan fingerprint density at radius 3 is 2.71 bits per heavy atom. The van der Waals surface area contributed by atoms with E-state index in [0.29, 0.717) is 6.04 Å². The Morgan fingerprint density at radius 1 is 1.21 bits per heavy atom.